The van der Waals surface area contributed by atoms with Gasteiger partial charge in [-0.1, -0.05) is 85.2 Å². The second-order valence-corrected chi connectivity index (χ2v) is 13.7. The van der Waals surface area contributed by atoms with Gasteiger partial charge >= 0.3 is 0 Å². The standard InChI is InChI=1S/C40H57N5O2.4CH4.3H2/c1-5-37(33-13-9-7-10-14-33)35(29-46)19-21-41-30(3)40(47)45(39(6-2)44-22-11-8-12-23-44)28-38(34-17-18-34)42-26-31-15-16-32-20-24-43(4)27-36(32)25-31;;;;;;;/h6-7,9-10,13-14,20,24-25,35,37,41-42,46H,3,5,8,11-12,15-19,21-23,26-29H2,1-2,4H3;4*1H4;3*1H/b39-6-;;;;;;;. The van der Waals surface area contributed by atoms with Gasteiger partial charge in [-0.25, -0.2) is 0 Å². The lowest BCUT2D eigenvalue weighted by Gasteiger charge is -2.38. The van der Waals surface area contributed by atoms with Gasteiger partial charge < -0.3 is 25.5 Å². The van der Waals surface area contributed by atoms with E-state index in [-0.39, 0.29) is 58.3 Å². The van der Waals surface area contributed by atoms with E-state index in [9.17, 15) is 9.90 Å². The number of carbonyl (C=O) groups is 1. The third-order valence-electron chi connectivity index (χ3n) is 10.3. The third-order valence-corrected chi connectivity index (χ3v) is 10.3. The minimum atomic E-state index is -0.0800. The van der Waals surface area contributed by atoms with Crippen molar-refractivity contribution < 1.29 is 14.2 Å². The fourth-order valence-corrected chi connectivity index (χ4v) is 7.42. The summed E-state index contributed by atoms with van der Waals surface area (Å²) in [5.74, 6) is 1.28. The van der Waals surface area contributed by atoms with Crippen molar-refractivity contribution in [3.63, 3.8) is 0 Å². The maximum atomic E-state index is 14.3. The fourth-order valence-electron chi connectivity index (χ4n) is 7.42. The zero-order chi connectivity index (χ0) is 33.2. The second kappa shape index (κ2) is 22.3. The first-order valence-electron chi connectivity index (χ1n) is 18.0. The normalized spacial score (nSPS) is 17.6. The number of nitrogens with one attached hydrogen (secondary N) is 2. The van der Waals surface area contributed by atoms with E-state index in [0.29, 0.717) is 18.8 Å². The number of aliphatic hydroxyl groups is 1. The van der Waals surface area contributed by atoms with E-state index in [0.717, 1.165) is 83.4 Å². The number of hydrogen-bond acceptors (Lipinski definition) is 6. The van der Waals surface area contributed by atoms with Crippen LogP contribution in [0.4, 0.5) is 0 Å². The molecule has 51 heavy (non-hydrogen) atoms. The Hall–Kier alpha value is -3.71. The summed E-state index contributed by atoms with van der Waals surface area (Å²) in [5.41, 5.74) is 8.59. The largest absolute Gasteiger partial charge is 0.396 e. The molecule has 1 aromatic rings. The van der Waals surface area contributed by atoms with Crippen LogP contribution >= 0.6 is 0 Å². The lowest BCUT2D eigenvalue weighted by atomic mass is 9.82. The molecule has 0 spiro atoms. The van der Waals surface area contributed by atoms with Gasteiger partial charge in [0.05, 0.1) is 12.2 Å². The number of benzene rings is 1. The molecule has 292 valence electrons. The molecule has 2 aliphatic carbocycles. The molecule has 7 nitrogen and oxygen atoms in total. The van der Waals surface area contributed by atoms with Crippen molar-refractivity contribution in [3.05, 3.63) is 106 Å². The summed E-state index contributed by atoms with van der Waals surface area (Å²) in [5, 5.41) is 17.5. The molecule has 2 unspecified atom stereocenters. The van der Waals surface area contributed by atoms with Gasteiger partial charge in [0.25, 0.3) is 5.91 Å². The van der Waals surface area contributed by atoms with Gasteiger partial charge in [0.1, 0.15) is 5.82 Å². The Morgan fingerprint density at radius 2 is 1.73 bits per heavy atom. The highest BCUT2D eigenvalue weighted by Crippen LogP contribution is 2.33. The summed E-state index contributed by atoms with van der Waals surface area (Å²) < 4.78 is 0. The number of nitrogens with zero attached hydrogens (tertiary/aromatic N) is 3. The van der Waals surface area contributed by atoms with Gasteiger partial charge in [0, 0.05) is 56.4 Å². The molecule has 2 atom stereocenters. The van der Waals surface area contributed by atoms with Crippen LogP contribution in [0.15, 0.2) is 101 Å². The van der Waals surface area contributed by atoms with Gasteiger partial charge in [0.15, 0.2) is 0 Å². The zero-order valence-corrected chi connectivity index (χ0v) is 29.1. The molecule has 1 saturated heterocycles. The predicted octanol–water partition coefficient (Wildman–Crippen LogP) is 9.85. The molecule has 2 heterocycles. The van der Waals surface area contributed by atoms with Gasteiger partial charge in [-0.15, -0.1) is 0 Å². The molecule has 1 amide bonds. The Labute approximate surface area is 317 Å². The molecule has 1 saturated carbocycles. The van der Waals surface area contributed by atoms with Crippen LogP contribution < -0.4 is 10.6 Å². The van der Waals surface area contributed by atoms with Crippen molar-refractivity contribution in [3.8, 4) is 0 Å². The summed E-state index contributed by atoms with van der Waals surface area (Å²) in [7, 11) is 2.13. The summed E-state index contributed by atoms with van der Waals surface area (Å²) in [6.07, 6.45) is 18.5. The Bertz CT molecular complexity index is 1410. The smallest absolute Gasteiger partial charge is 0.275 e. The van der Waals surface area contributed by atoms with Gasteiger partial charge in [0.2, 0.25) is 0 Å². The number of amides is 1. The molecular weight excluding hydrogens is 631 g/mol. The van der Waals surface area contributed by atoms with Crippen molar-refractivity contribution in [1.29, 1.82) is 0 Å². The average molecular weight is 710 g/mol. The quantitative estimate of drug-likeness (QED) is 0.149. The van der Waals surface area contributed by atoms with Crippen molar-refractivity contribution in [2.24, 2.45) is 5.92 Å². The number of likely N-dealkylation sites (tertiary alicyclic amines) is 1. The predicted molar refractivity (Wildman–Crippen MR) is 226 cm³/mol. The minimum Gasteiger partial charge on any atom is -0.396 e. The Morgan fingerprint density at radius 3 is 2.35 bits per heavy atom. The van der Waals surface area contributed by atoms with E-state index < -0.39 is 0 Å². The summed E-state index contributed by atoms with van der Waals surface area (Å²) >= 11 is 0. The average Bonchev–Trinajstić information content (AvgIpc) is 3.95. The monoisotopic (exact) mass is 710 g/mol. The van der Waals surface area contributed by atoms with Crippen LogP contribution in [0.1, 0.15) is 117 Å². The molecule has 2 aliphatic heterocycles. The first-order chi connectivity index (χ1) is 22.9. The number of carbonyl (C=O) groups excluding carboxylic acids is 1. The van der Waals surface area contributed by atoms with E-state index in [2.05, 4.69) is 89.7 Å². The SMILES string of the molecule is C.C.C.C.C=C(NCCC(CO)C(CC)c1ccccc1)C(=O)N(CC(NCC1=CC2=C(C=CN(C)C2)CC1)=C1CC1)/C(=C\C)N1CCCCC1.[HH].[HH].[HH]. The summed E-state index contributed by atoms with van der Waals surface area (Å²) in [6, 6.07) is 10.5. The molecule has 1 aromatic carbocycles. The number of likely N-dealkylation sites (N-methyl/N-ethyl adjacent to an activating group) is 1. The van der Waals surface area contributed by atoms with Crippen LogP contribution in [0.3, 0.4) is 0 Å². The summed E-state index contributed by atoms with van der Waals surface area (Å²) in [6.45, 7) is 13.4. The van der Waals surface area contributed by atoms with E-state index in [4.69, 9.17) is 0 Å². The number of hydrogen-bond donors (Lipinski definition) is 3. The van der Waals surface area contributed by atoms with Crippen LogP contribution in [0.5, 0.6) is 0 Å². The number of rotatable bonds is 16. The highest BCUT2D eigenvalue weighted by atomic mass is 16.3. The van der Waals surface area contributed by atoms with Crippen LogP contribution in [0, 0.1) is 5.92 Å². The first kappa shape index (κ1) is 45.3. The van der Waals surface area contributed by atoms with Crippen molar-refractivity contribution >= 4 is 5.91 Å². The van der Waals surface area contributed by atoms with E-state index in [1.165, 1.54) is 40.0 Å². The second-order valence-electron chi connectivity index (χ2n) is 13.7. The van der Waals surface area contributed by atoms with Gasteiger partial charge in [-0.05, 0) is 117 Å². The Morgan fingerprint density at radius 1 is 1.02 bits per heavy atom. The van der Waals surface area contributed by atoms with Gasteiger partial charge in [-0.3, -0.25) is 9.69 Å². The number of piperidine rings is 1. The Kier molecular flexibility index (Phi) is 19.8. The van der Waals surface area contributed by atoms with Crippen molar-refractivity contribution in [2.45, 2.75) is 107 Å². The third kappa shape index (κ3) is 12.2. The van der Waals surface area contributed by atoms with E-state index in [1.807, 2.05) is 17.9 Å². The van der Waals surface area contributed by atoms with Crippen molar-refractivity contribution in [2.75, 3.05) is 52.9 Å². The first-order valence-corrected chi connectivity index (χ1v) is 18.0. The molecule has 0 aromatic heterocycles. The molecule has 2 fully saturated rings. The van der Waals surface area contributed by atoms with Crippen LogP contribution in [0.2, 0.25) is 0 Å². The van der Waals surface area contributed by atoms with Crippen molar-refractivity contribution in [1.82, 2.24) is 25.3 Å². The van der Waals surface area contributed by atoms with Crippen LogP contribution in [0.25, 0.3) is 0 Å². The summed E-state index contributed by atoms with van der Waals surface area (Å²) in [4.78, 5) is 20.9. The Balaban J connectivity index is -0.00000372. The lowest BCUT2D eigenvalue weighted by Crippen LogP contribution is -2.45. The number of aliphatic hydroxyl groups excluding tert-OH is 1. The van der Waals surface area contributed by atoms with Gasteiger partial charge in [-0.2, -0.15) is 0 Å². The molecule has 5 rings (SSSR count). The fraction of sp³-hybridized carbons (Fsp3) is 0.568. The van der Waals surface area contributed by atoms with E-state index in [1.54, 1.807) is 0 Å². The highest BCUT2D eigenvalue weighted by molar-refractivity contribution is 5.93. The molecule has 0 radical (unpaired) electrons. The zero-order valence-electron chi connectivity index (χ0n) is 29.1. The number of allylic oxidation sites excluding steroid dienone is 4. The topological polar surface area (TPSA) is 71.1 Å². The highest BCUT2D eigenvalue weighted by Gasteiger charge is 2.29. The lowest BCUT2D eigenvalue weighted by molar-refractivity contribution is -0.126. The molecule has 7 heteroatoms. The van der Waals surface area contributed by atoms with E-state index >= 15 is 0 Å². The van der Waals surface area contributed by atoms with Crippen LogP contribution in [-0.2, 0) is 4.79 Å². The molecule has 3 N–H and O–H groups in total. The molecule has 4 aliphatic rings. The molecular formula is C44H79N5O2. The molecule has 0 bridgehead atoms. The maximum Gasteiger partial charge on any atom is 0.275 e. The maximum absolute atomic E-state index is 14.3. The minimum absolute atomic E-state index is 0. The van der Waals surface area contributed by atoms with Crippen LogP contribution in [-0.4, -0.2) is 78.6 Å².